The maximum Gasteiger partial charge on any atom is 0.177 e. The third kappa shape index (κ3) is 18.0. The lowest BCUT2D eigenvalue weighted by atomic mass is 10.1. The summed E-state index contributed by atoms with van der Waals surface area (Å²) in [5.74, 6) is 0.0173. The number of hydrogen-bond acceptors (Lipinski definition) is 3. The lowest BCUT2D eigenvalue weighted by molar-refractivity contribution is -0.111. The zero-order valence-electron chi connectivity index (χ0n) is 20.9. The average Bonchev–Trinajstić information content (AvgIpc) is 2.76. The summed E-state index contributed by atoms with van der Waals surface area (Å²) in [6.07, 6.45) is 3.53. The second kappa shape index (κ2) is 21.6. The van der Waals surface area contributed by atoms with Crippen LogP contribution in [0.15, 0.2) is 65.7 Å². The van der Waals surface area contributed by atoms with Crippen molar-refractivity contribution in [3.05, 3.63) is 92.5 Å². The Kier molecular flexibility index (Phi) is 23.2. The van der Waals surface area contributed by atoms with Gasteiger partial charge in [0, 0.05) is 19.0 Å². The van der Waals surface area contributed by atoms with E-state index in [9.17, 15) is 4.79 Å². The van der Waals surface area contributed by atoms with E-state index < -0.39 is 0 Å². The van der Waals surface area contributed by atoms with Gasteiger partial charge in [-0.25, -0.2) is 0 Å². The minimum absolute atomic E-state index is 0.0173. The van der Waals surface area contributed by atoms with Gasteiger partial charge in [0.15, 0.2) is 5.78 Å². The van der Waals surface area contributed by atoms with Crippen LogP contribution in [0.2, 0.25) is 15.1 Å². The van der Waals surface area contributed by atoms with E-state index in [-0.39, 0.29) is 5.78 Å². The summed E-state index contributed by atoms with van der Waals surface area (Å²) in [6, 6.07) is 11.5. The van der Waals surface area contributed by atoms with Crippen molar-refractivity contribution in [2.24, 2.45) is 4.99 Å². The fraction of sp³-hybridized carbons (Fsp3) is 0.296. The molecule has 0 heterocycles. The summed E-state index contributed by atoms with van der Waals surface area (Å²) in [6.45, 7) is 18.6. The van der Waals surface area contributed by atoms with E-state index >= 15 is 0 Å². The van der Waals surface area contributed by atoms with Gasteiger partial charge >= 0.3 is 0 Å². The zero-order chi connectivity index (χ0) is 26.6. The van der Waals surface area contributed by atoms with Gasteiger partial charge in [0.05, 0.1) is 15.8 Å². The molecular formula is C27H36Cl3NO2. The first-order chi connectivity index (χ1) is 15.4. The molecule has 0 aliphatic carbocycles. The molecule has 0 bridgehead atoms. The fourth-order valence-electron chi connectivity index (χ4n) is 1.92. The Morgan fingerprint density at radius 2 is 1.30 bits per heavy atom. The highest BCUT2D eigenvalue weighted by Gasteiger charge is 1.98. The van der Waals surface area contributed by atoms with Crippen LogP contribution in [0, 0.1) is 20.8 Å². The largest absolute Gasteiger partial charge is 0.307 e. The molecule has 0 aliphatic rings. The smallest absolute Gasteiger partial charge is 0.177 e. The van der Waals surface area contributed by atoms with Crippen molar-refractivity contribution in [2.45, 2.75) is 48.5 Å². The molecule has 0 radical (unpaired) electrons. The molecule has 2 aromatic rings. The van der Waals surface area contributed by atoms with Gasteiger partial charge in [-0.2, -0.15) is 0 Å². The highest BCUT2D eigenvalue weighted by atomic mass is 35.5. The van der Waals surface area contributed by atoms with E-state index in [2.05, 4.69) is 24.6 Å². The molecule has 2 aromatic carbocycles. The Morgan fingerprint density at radius 3 is 1.55 bits per heavy atom. The van der Waals surface area contributed by atoms with E-state index in [1.54, 1.807) is 25.3 Å². The molecule has 0 N–H and O–H groups in total. The molecule has 2 rings (SSSR count). The summed E-state index contributed by atoms with van der Waals surface area (Å²) in [4.78, 5) is 22.6. The van der Waals surface area contributed by atoms with E-state index in [0.717, 1.165) is 16.2 Å². The molecule has 6 heteroatoms. The number of aliphatic imine (C=N–C) groups is 1. The summed E-state index contributed by atoms with van der Waals surface area (Å²) < 4.78 is 0. The molecule has 0 spiro atoms. The normalized spacial score (nSPS) is 9.12. The van der Waals surface area contributed by atoms with Gasteiger partial charge in [-0.3, -0.25) is 9.79 Å². The number of aryl methyl sites for hydroxylation is 2. The SMILES string of the molecule is C=CC.C=O.CN=C(C=C(C)C)C(C)=O.Cc1cccc(Cl)c1C.Cc1cccc(Cl)c1Cl. The molecule has 0 aromatic heterocycles. The Labute approximate surface area is 215 Å². The van der Waals surface area contributed by atoms with Gasteiger partial charge in [0.25, 0.3) is 0 Å². The second-order valence-electron chi connectivity index (χ2n) is 6.85. The number of allylic oxidation sites excluding steroid dienone is 3. The number of hydrogen-bond donors (Lipinski definition) is 0. The quantitative estimate of drug-likeness (QED) is 0.298. The average molecular weight is 513 g/mol. The fourth-order valence-corrected chi connectivity index (χ4v) is 2.49. The van der Waals surface area contributed by atoms with Crippen LogP contribution in [0.1, 0.15) is 44.4 Å². The van der Waals surface area contributed by atoms with Crippen LogP contribution in [-0.4, -0.2) is 25.3 Å². The monoisotopic (exact) mass is 511 g/mol. The van der Waals surface area contributed by atoms with Crippen LogP contribution >= 0.6 is 34.8 Å². The molecule has 0 unspecified atom stereocenters. The van der Waals surface area contributed by atoms with E-state index in [1.807, 2.05) is 65.7 Å². The lowest BCUT2D eigenvalue weighted by Gasteiger charge is -1.98. The van der Waals surface area contributed by atoms with Gasteiger partial charge in [-0.05, 0) is 76.4 Å². The summed E-state index contributed by atoms with van der Waals surface area (Å²) >= 11 is 17.2. The molecule has 3 nitrogen and oxygen atoms in total. The van der Waals surface area contributed by atoms with Crippen molar-refractivity contribution >= 4 is 53.1 Å². The predicted molar refractivity (Wildman–Crippen MR) is 149 cm³/mol. The molecule has 0 atom stereocenters. The number of ketones is 1. The Balaban J connectivity index is -0.000000372. The van der Waals surface area contributed by atoms with Crippen LogP contribution < -0.4 is 0 Å². The van der Waals surface area contributed by atoms with Crippen molar-refractivity contribution in [1.29, 1.82) is 0 Å². The Hall–Kier alpha value is -2.20. The standard InChI is InChI=1S/C8H9Cl.C8H13NO.C7H6Cl2.C3H6.CH2O/c1-6-4-3-5-8(9)7(6)2;1-6(2)5-8(9-4)7(3)10;1-5-3-2-4-6(8)7(5)9;1-3-2;1-2/h3-5H,1-2H3;5H,1-4H3;2-4H,1H3;3H,1H2,2H3;1H2. The number of carbonyl (C=O) groups is 2. The number of Topliss-reactive ketones (excluding diaryl/α,β-unsaturated/α-hetero) is 1. The highest BCUT2D eigenvalue weighted by Crippen LogP contribution is 2.24. The van der Waals surface area contributed by atoms with E-state index in [4.69, 9.17) is 39.6 Å². The van der Waals surface area contributed by atoms with Crippen molar-refractivity contribution < 1.29 is 9.59 Å². The predicted octanol–water partition coefficient (Wildman–Crippen LogP) is 8.88. The third-order valence-electron chi connectivity index (χ3n) is 3.71. The third-order valence-corrected chi connectivity index (χ3v) is 5.03. The summed E-state index contributed by atoms with van der Waals surface area (Å²) in [5, 5.41) is 2.13. The summed E-state index contributed by atoms with van der Waals surface area (Å²) in [5.41, 5.74) is 5.08. The van der Waals surface area contributed by atoms with Crippen LogP contribution in [0.4, 0.5) is 0 Å². The molecule has 0 fully saturated rings. The van der Waals surface area contributed by atoms with Crippen LogP contribution in [0.25, 0.3) is 0 Å². The first-order valence-corrected chi connectivity index (χ1v) is 11.2. The number of carbonyl (C=O) groups excluding carboxylic acids is 2. The number of rotatable bonds is 2. The molecule has 33 heavy (non-hydrogen) atoms. The Morgan fingerprint density at radius 1 is 0.879 bits per heavy atom. The molecule has 0 saturated heterocycles. The molecule has 0 amide bonds. The summed E-state index contributed by atoms with van der Waals surface area (Å²) in [7, 11) is 1.62. The van der Waals surface area contributed by atoms with Crippen LogP contribution in [-0.2, 0) is 9.59 Å². The van der Waals surface area contributed by atoms with Crippen LogP contribution in [0.5, 0.6) is 0 Å². The van der Waals surface area contributed by atoms with Gasteiger partial charge in [0.1, 0.15) is 6.79 Å². The van der Waals surface area contributed by atoms with Gasteiger partial charge < -0.3 is 4.79 Å². The number of halogens is 3. The van der Waals surface area contributed by atoms with E-state index in [1.165, 1.54) is 18.1 Å². The lowest BCUT2D eigenvalue weighted by Crippen LogP contribution is -2.06. The van der Waals surface area contributed by atoms with Gasteiger partial charge in [-0.1, -0.05) is 70.7 Å². The number of nitrogens with zero attached hydrogens (tertiary/aromatic N) is 1. The molecular weight excluding hydrogens is 477 g/mol. The Bertz CT molecular complexity index is 826. The molecule has 0 saturated carbocycles. The highest BCUT2D eigenvalue weighted by molar-refractivity contribution is 6.43. The van der Waals surface area contributed by atoms with Crippen molar-refractivity contribution in [3.63, 3.8) is 0 Å². The van der Waals surface area contributed by atoms with Gasteiger partial charge in [0.2, 0.25) is 0 Å². The molecule has 182 valence electrons. The second-order valence-corrected chi connectivity index (χ2v) is 8.04. The first kappa shape index (κ1) is 35.4. The first-order valence-electron chi connectivity index (χ1n) is 10.0. The minimum atomic E-state index is 0.0173. The molecule has 0 aliphatic heterocycles. The minimum Gasteiger partial charge on any atom is -0.307 e. The topological polar surface area (TPSA) is 46.5 Å². The van der Waals surface area contributed by atoms with Gasteiger partial charge in [-0.15, -0.1) is 6.58 Å². The maximum atomic E-state index is 10.7. The van der Waals surface area contributed by atoms with Crippen molar-refractivity contribution in [2.75, 3.05) is 7.05 Å². The van der Waals surface area contributed by atoms with E-state index in [0.29, 0.717) is 15.8 Å². The zero-order valence-corrected chi connectivity index (χ0v) is 23.2. The van der Waals surface area contributed by atoms with Crippen LogP contribution in [0.3, 0.4) is 0 Å². The van der Waals surface area contributed by atoms with Crippen molar-refractivity contribution in [3.8, 4) is 0 Å². The van der Waals surface area contributed by atoms with Crippen molar-refractivity contribution in [1.82, 2.24) is 0 Å². The maximum absolute atomic E-state index is 10.7. The number of benzene rings is 2.